The Balaban J connectivity index is 3.12. The number of hydrogen-bond acceptors (Lipinski definition) is 5. The van der Waals surface area contributed by atoms with E-state index in [0.717, 1.165) is 18.7 Å². The van der Waals surface area contributed by atoms with Gasteiger partial charge in [-0.25, -0.2) is 4.98 Å². The summed E-state index contributed by atoms with van der Waals surface area (Å²) in [5.74, 6) is 2.41. The van der Waals surface area contributed by atoms with E-state index in [1.807, 2.05) is 0 Å². The Morgan fingerprint density at radius 1 is 1.25 bits per heavy atom. The van der Waals surface area contributed by atoms with Crippen LogP contribution >= 0.6 is 0 Å². The molecule has 0 aliphatic heterocycles. The lowest BCUT2D eigenvalue weighted by molar-refractivity contribution is 0.305. The molecule has 1 rings (SSSR count). The highest BCUT2D eigenvalue weighted by molar-refractivity contribution is 5.67. The van der Waals surface area contributed by atoms with Gasteiger partial charge in [-0.05, 0) is 33.1 Å². The van der Waals surface area contributed by atoms with Crippen LogP contribution in [0.4, 0.5) is 11.5 Å². The van der Waals surface area contributed by atoms with Crippen molar-refractivity contribution >= 4 is 11.5 Å². The summed E-state index contributed by atoms with van der Waals surface area (Å²) in [4.78, 5) is 8.98. The van der Waals surface area contributed by atoms with Crippen LogP contribution in [0.2, 0.25) is 0 Å². The fraction of sp³-hybridized carbons (Fsp3) is 0.733. The first-order chi connectivity index (χ1) is 9.23. The highest BCUT2D eigenvalue weighted by atomic mass is 16.5. The first kappa shape index (κ1) is 16.5. The second kappa shape index (κ2) is 6.77. The lowest BCUT2D eigenvalue weighted by Gasteiger charge is -2.23. The van der Waals surface area contributed by atoms with Crippen molar-refractivity contribution in [1.29, 1.82) is 0 Å². The van der Waals surface area contributed by atoms with Crippen molar-refractivity contribution in [3.8, 4) is 5.88 Å². The van der Waals surface area contributed by atoms with Gasteiger partial charge < -0.3 is 15.8 Å². The van der Waals surface area contributed by atoms with Crippen LogP contribution in [-0.2, 0) is 6.42 Å². The van der Waals surface area contributed by atoms with E-state index in [2.05, 4.69) is 56.8 Å². The monoisotopic (exact) mass is 280 g/mol. The molecule has 0 spiro atoms. The van der Waals surface area contributed by atoms with Gasteiger partial charge in [-0.1, -0.05) is 20.8 Å². The van der Waals surface area contributed by atoms with Crippen molar-refractivity contribution in [3.63, 3.8) is 0 Å². The number of hydrogen-bond donors (Lipinski definition) is 2. The Morgan fingerprint density at radius 2 is 1.90 bits per heavy atom. The molecular formula is C15H28N4O. The van der Waals surface area contributed by atoms with Crippen LogP contribution in [0.15, 0.2) is 0 Å². The van der Waals surface area contributed by atoms with Crippen LogP contribution < -0.4 is 15.8 Å². The van der Waals surface area contributed by atoms with Crippen molar-refractivity contribution in [1.82, 2.24) is 9.97 Å². The van der Waals surface area contributed by atoms with E-state index in [-0.39, 0.29) is 5.54 Å². The van der Waals surface area contributed by atoms with E-state index in [1.54, 1.807) is 0 Å². The summed E-state index contributed by atoms with van der Waals surface area (Å²) in [5, 5.41) is 3.32. The van der Waals surface area contributed by atoms with Crippen molar-refractivity contribution < 1.29 is 4.74 Å². The molecule has 5 nitrogen and oxygen atoms in total. The maximum atomic E-state index is 6.12. The van der Waals surface area contributed by atoms with Gasteiger partial charge >= 0.3 is 0 Å². The number of nitrogens with zero attached hydrogens (tertiary/aromatic N) is 2. The normalized spacial score (nSPS) is 11.8. The number of anilines is 2. The summed E-state index contributed by atoms with van der Waals surface area (Å²) in [5.41, 5.74) is 6.49. The van der Waals surface area contributed by atoms with Crippen LogP contribution in [0.1, 0.15) is 53.8 Å². The van der Waals surface area contributed by atoms with Crippen LogP contribution in [-0.4, -0.2) is 22.1 Å². The smallest absolute Gasteiger partial charge is 0.242 e. The van der Waals surface area contributed by atoms with Gasteiger partial charge in [-0.3, -0.25) is 0 Å². The van der Waals surface area contributed by atoms with E-state index in [9.17, 15) is 0 Å². The molecule has 114 valence electrons. The maximum Gasteiger partial charge on any atom is 0.242 e. The molecule has 20 heavy (non-hydrogen) atoms. The Hall–Kier alpha value is -1.52. The van der Waals surface area contributed by atoms with Gasteiger partial charge in [0.25, 0.3) is 0 Å². The average Bonchev–Trinajstić information content (AvgIpc) is 2.28. The van der Waals surface area contributed by atoms with Crippen LogP contribution in [0.5, 0.6) is 5.88 Å². The maximum absolute atomic E-state index is 6.12. The predicted molar refractivity (Wildman–Crippen MR) is 84.1 cm³/mol. The number of aromatic nitrogens is 2. The topological polar surface area (TPSA) is 73.1 Å². The minimum absolute atomic E-state index is 0.112. The quantitative estimate of drug-likeness (QED) is 0.836. The zero-order chi connectivity index (χ0) is 15.3. The van der Waals surface area contributed by atoms with E-state index in [4.69, 9.17) is 10.5 Å². The molecule has 0 bridgehead atoms. The molecule has 1 heterocycles. The number of ether oxygens (including phenoxy) is 1. The zero-order valence-corrected chi connectivity index (χ0v) is 13.6. The van der Waals surface area contributed by atoms with Gasteiger partial charge in [0.2, 0.25) is 5.88 Å². The molecule has 1 aromatic rings. The average molecular weight is 280 g/mol. The van der Waals surface area contributed by atoms with Crippen molar-refractivity contribution in [2.75, 3.05) is 17.7 Å². The number of nitrogens with two attached hydrogens (primary N) is 1. The SMILES string of the molecule is CCCOc1nc(CC(C)C)nc(NC(C)(C)C)c1N. The Labute approximate surface area is 122 Å². The lowest BCUT2D eigenvalue weighted by Crippen LogP contribution is -2.28. The molecule has 0 atom stereocenters. The lowest BCUT2D eigenvalue weighted by atomic mass is 10.1. The fourth-order valence-electron chi connectivity index (χ4n) is 1.71. The van der Waals surface area contributed by atoms with Gasteiger partial charge in [0.1, 0.15) is 11.5 Å². The molecule has 0 aliphatic rings. The van der Waals surface area contributed by atoms with E-state index in [1.165, 1.54) is 0 Å². The highest BCUT2D eigenvalue weighted by Gasteiger charge is 2.18. The minimum atomic E-state index is -0.112. The van der Waals surface area contributed by atoms with Gasteiger partial charge in [0.15, 0.2) is 5.82 Å². The van der Waals surface area contributed by atoms with Gasteiger partial charge in [0, 0.05) is 12.0 Å². The Kier molecular flexibility index (Phi) is 5.60. The summed E-state index contributed by atoms with van der Waals surface area (Å²) in [7, 11) is 0. The van der Waals surface area contributed by atoms with E-state index >= 15 is 0 Å². The van der Waals surface area contributed by atoms with E-state index in [0.29, 0.717) is 29.9 Å². The third-order valence-corrected chi connectivity index (χ3v) is 2.48. The van der Waals surface area contributed by atoms with Gasteiger partial charge in [-0.2, -0.15) is 4.98 Å². The summed E-state index contributed by atoms with van der Waals surface area (Å²) in [6, 6.07) is 0. The molecule has 5 heteroatoms. The fourth-order valence-corrected chi connectivity index (χ4v) is 1.71. The third-order valence-electron chi connectivity index (χ3n) is 2.48. The zero-order valence-electron chi connectivity index (χ0n) is 13.6. The van der Waals surface area contributed by atoms with Crippen LogP contribution in [0.25, 0.3) is 0 Å². The number of nitrogens with one attached hydrogen (secondary N) is 1. The standard InChI is InChI=1S/C15H28N4O/c1-7-8-20-14-12(16)13(19-15(4,5)6)17-11(18-14)9-10(2)3/h10H,7-9,16H2,1-6H3,(H,17,18,19). The first-order valence-electron chi connectivity index (χ1n) is 7.30. The first-order valence-corrected chi connectivity index (χ1v) is 7.30. The molecule has 3 N–H and O–H groups in total. The molecule has 0 unspecified atom stereocenters. The summed E-state index contributed by atoms with van der Waals surface area (Å²) < 4.78 is 5.65. The number of rotatable bonds is 6. The molecule has 1 aromatic heterocycles. The Morgan fingerprint density at radius 3 is 2.40 bits per heavy atom. The predicted octanol–water partition coefficient (Wildman–Crippen LogP) is 3.26. The van der Waals surface area contributed by atoms with Gasteiger partial charge in [-0.15, -0.1) is 0 Å². The van der Waals surface area contributed by atoms with Crippen molar-refractivity contribution in [3.05, 3.63) is 5.82 Å². The summed E-state index contributed by atoms with van der Waals surface area (Å²) >= 11 is 0. The number of nitrogen functional groups attached to an aromatic ring is 1. The molecule has 0 radical (unpaired) electrons. The highest BCUT2D eigenvalue weighted by Crippen LogP contribution is 2.29. The third kappa shape index (κ3) is 5.23. The molecule has 0 aromatic carbocycles. The van der Waals surface area contributed by atoms with Gasteiger partial charge in [0.05, 0.1) is 6.61 Å². The summed E-state index contributed by atoms with van der Waals surface area (Å²) in [6.07, 6.45) is 1.73. The molecule has 0 fully saturated rings. The van der Waals surface area contributed by atoms with E-state index < -0.39 is 0 Å². The molecule has 0 aliphatic carbocycles. The van der Waals surface area contributed by atoms with Crippen LogP contribution in [0.3, 0.4) is 0 Å². The summed E-state index contributed by atoms with van der Waals surface area (Å²) in [6.45, 7) is 13.2. The van der Waals surface area contributed by atoms with Crippen LogP contribution in [0, 0.1) is 5.92 Å². The second-order valence-electron chi connectivity index (χ2n) is 6.53. The second-order valence-corrected chi connectivity index (χ2v) is 6.53. The molecular weight excluding hydrogens is 252 g/mol. The van der Waals surface area contributed by atoms with Crippen molar-refractivity contribution in [2.24, 2.45) is 5.92 Å². The molecule has 0 amide bonds. The van der Waals surface area contributed by atoms with Crippen molar-refractivity contribution in [2.45, 2.75) is 59.9 Å². The Bertz CT molecular complexity index is 438. The minimum Gasteiger partial charge on any atom is -0.476 e. The molecule has 0 saturated heterocycles. The molecule has 0 saturated carbocycles. The largest absolute Gasteiger partial charge is 0.476 e.